The molecule has 0 unspecified atom stereocenters. The van der Waals surface area contributed by atoms with E-state index in [-0.39, 0.29) is 11.6 Å². The van der Waals surface area contributed by atoms with E-state index >= 15 is 0 Å². The van der Waals surface area contributed by atoms with Crippen molar-refractivity contribution in [2.24, 2.45) is 0 Å². The fourth-order valence-corrected chi connectivity index (χ4v) is 4.23. The third-order valence-corrected chi connectivity index (χ3v) is 6.18. The zero-order valence-corrected chi connectivity index (χ0v) is 17.9. The van der Waals surface area contributed by atoms with Gasteiger partial charge in [-0.05, 0) is 55.6 Å². The number of carbonyl (C=O) groups is 1. The number of ketones is 1. The molecule has 0 saturated carbocycles. The number of piperazine rings is 1. The van der Waals surface area contributed by atoms with Crippen LogP contribution in [-0.2, 0) is 0 Å². The highest BCUT2D eigenvalue weighted by molar-refractivity contribution is 7.18. The summed E-state index contributed by atoms with van der Waals surface area (Å²) in [4.78, 5) is 22.3. The maximum absolute atomic E-state index is 12.8. The Morgan fingerprint density at radius 1 is 1.07 bits per heavy atom. The molecule has 2 aromatic carbocycles. The van der Waals surface area contributed by atoms with Gasteiger partial charge in [0.25, 0.3) is 0 Å². The van der Waals surface area contributed by atoms with Crippen LogP contribution in [0.2, 0.25) is 0 Å². The molecule has 156 valence electrons. The quantitative estimate of drug-likeness (QED) is 0.588. The number of hydrogen-bond donors (Lipinski definition) is 2. The minimum atomic E-state index is -0.147. The maximum Gasteiger partial charge on any atom is 0.206 e. The number of nitrogens with one attached hydrogen (secondary N) is 1. The van der Waals surface area contributed by atoms with Gasteiger partial charge < -0.3 is 25.6 Å². The van der Waals surface area contributed by atoms with Crippen molar-refractivity contribution in [2.45, 2.75) is 0 Å². The van der Waals surface area contributed by atoms with Crippen molar-refractivity contribution in [3.8, 4) is 5.75 Å². The van der Waals surface area contributed by atoms with Crippen LogP contribution in [0.25, 0.3) is 0 Å². The van der Waals surface area contributed by atoms with Crippen LogP contribution < -0.4 is 20.7 Å². The number of nitrogens with two attached hydrogens (primary N) is 1. The van der Waals surface area contributed by atoms with Crippen molar-refractivity contribution in [1.82, 2.24) is 9.88 Å². The smallest absolute Gasteiger partial charge is 0.206 e. The summed E-state index contributed by atoms with van der Waals surface area (Å²) in [6.07, 6.45) is 0. The molecule has 2 heterocycles. The standard InChI is InChI=1S/C22H25N5O2S/c1-26-11-13-27(14-12-26)17-7-5-16(6-8-17)24-22-25-21(23)20(30-22)19(28)15-3-9-18(29-2)10-4-15/h3-10H,11-14,23H2,1-2H3,(H,24,25). The monoisotopic (exact) mass is 423 g/mol. The van der Waals surface area contributed by atoms with E-state index in [4.69, 9.17) is 10.5 Å². The van der Waals surface area contributed by atoms with Crippen LogP contribution in [0.3, 0.4) is 0 Å². The highest BCUT2D eigenvalue weighted by Gasteiger charge is 2.18. The SMILES string of the molecule is COc1ccc(C(=O)c2sc(Nc3ccc(N4CCN(C)CC4)cc3)nc2N)cc1. The number of carbonyl (C=O) groups excluding carboxylic acids is 1. The van der Waals surface area contributed by atoms with Crippen molar-refractivity contribution < 1.29 is 9.53 Å². The van der Waals surface area contributed by atoms with Crippen LogP contribution in [0.1, 0.15) is 15.2 Å². The van der Waals surface area contributed by atoms with Crippen LogP contribution in [0.5, 0.6) is 5.75 Å². The summed E-state index contributed by atoms with van der Waals surface area (Å²) in [5, 5.41) is 3.85. The van der Waals surface area contributed by atoms with Gasteiger partial charge in [-0.25, -0.2) is 4.98 Å². The third kappa shape index (κ3) is 4.39. The lowest BCUT2D eigenvalue weighted by molar-refractivity contribution is 0.104. The normalized spacial score (nSPS) is 14.5. The summed E-state index contributed by atoms with van der Waals surface area (Å²) in [5.41, 5.74) is 8.69. The average Bonchev–Trinajstić information content (AvgIpc) is 3.14. The molecule has 1 aromatic heterocycles. The molecule has 30 heavy (non-hydrogen) atoms. The Bertz CT molecular complexity index is 1010. The van der Waals surface area contributed by atoms with Gasteiger partial charge in [0.2, 0.25) is 5.78 Å². The van der Waals surface area contributed by atoms with E-state index in [2.05, 4.69) is 39.3 Å². The molecule has 8 heteroatoms. The van der Waals surface area contributed by atoms with Crippen molar-refractivity contribution in [3.63, 3.8) is 0 Å². The predicted molar refractivity (Wildman–Crippen MR) is 122 cm³/mol. The van der Waals surface area contributed by atoms with Crippen LogP contribution >= 0.6 is 11.3 Å². The fourth-order valence-electron chi connectivity index (χ4n) is 3.37. The van der Waals surface area contributed by atoms with Gasteiger partial charge >= 0.3 is 0 Å². The number of nitrogens with zero attached hydrogens (tertiary/aromatic N) is 3. The van der Waals surface area contributed by atoms with Gasteiger partial charge in [-0.15, -0.1) is 0 Å². The molecular formula is C22H25N5O2S. The molecule has 4 rings (SSSR count). The molecule has 1 saturated heterocycles. The number of anilines is 4. The molecule has 0 radical (unpaired) electrons. The molecule has 0 atom stereocenters. The van der Waals surface area contributed by atoms with Crippen molar-refractivity contribution in [2.75, 3.05) is 56.3 Å². The van der Waals surface area contributed by atoms with Crippen molar-refractivity contribution in [1.29, 1.82) is 0 Å². The molecule has 7 nitrogen and oxygen atoms in total. The van der Waals surface area contributed by atoms with Gasteiger partial charge in [-0.3, -0.25) is 4.79 Å². The Morgan fingerprint density at radius 2 is 1.73 bits per heavy atom. The molecule has 0 amide bonds. The molecule has 1 aliphatic heterocycles. The Morgan fingerprint density at radius 3 is 2.37 bits per heavy atom. The maximum atomic E-state index is 12.8. The van der Waals surface area contributed by atoms with E-state index in [9.17, 15) is 4.79 Å². The molecule has 3 N–H and O–H groups in total. The van der Waals surface area contributed by atoms with Crippen LogP contribution in [0, 0.1) is 0 Å². The van der Waals surface area contributed by atoms with Crippen LogP contribution in [0.4, 0.5) is 22.3 Å². The molecule has 0 aliphatic carbocycles. The lowest BCUT2D eigenvalue weighted by Crippen LogP contribution is -2.44. The van der Waals surface area contributed by atoms with E-state index in [0.29, 0.717) is 21.3 Å². The minimum absolute atomic E-state index is 0.147. The Hall–Kier alpha value is -3.10. The molecule has 0 spiro atoms. The first kappa shape index (κ1) is 20.2. The minimum Gasteiger partial charge on any atom is -0.497 e. The lowest BCUT2D eigenvalue weighted by atomic mass is 10.1. The van der Waals surface area contributed by atoms with Crippen LogP contribution in [0.15, 0.2) is 48.5 Å². The average molecular weight is 424 g/mol. The van der Waals surface area contributed by atoms with E-state index < -0.39 is 0 Å². The number of nitrogen functional groups attached to an aromatic ring is 1. The molecular weight excluding hydrogens is 398 g/mol. The van der Waals surface area contributed by atoms with Gasteiger partial charge in [0.1, 0.15) is 16.4 Å². The Kier molecular flexibility index (Phi) is 5.87. The van der Waals surface area contributed by atoms with Crippen molar-refractivity contribution >= 4 is 39.4 Å². The number of ether oxygens (including phenoxy) is 1. The number of hydrogen-bond acceptors (Lipinski definition) is 8. The highest BCUT2D eigenvalue weighted by Crippen LogP contribution is 2.30. The van der Waals surface area contributed by atoms with E-state index in [1.165, 1.54) is 17.0 Å². The zero-order valence-electron chi connectivity index (χ0n) is 17.1. The third-order valence-electron chi connectivity index (χ3n) is 5.20. The van der Waals surface area contributed by atoms with E-state index in [1.54, 1.807) is 31.4 Å². The first-order valence-corrected chi connectivity index (χ1v) is 10.6. The number of rotatable bonds is 6. The lowest BCUT2D eigenvalue weighted by Gasteiger charge is -2.34. The first-order chi connectivity index (χ1) is 14.5. The second-order valence-corrected chi connectivity index (χ2v) is 8.25. The van der Waals surface area contributed by atoms with Gasteiger partial charge in [0.15, 0.2) is 5.13 Å². The Balaban J connectivity index is 1.44. The second kappa shape index (κ2) is 8.73. The van der Waals surface area contributed by atoms with Gasteiger partial charge in [0.05, 0.1) is 7.11 Å². The molecule has 1 fully saturated rings. The van der Waals surface area contributed by atoms with Gasteiger partial charge in [-0.1, -0.05) is 11.3 Å². The van der Waals surface area contributed by atoms with E-state index in [1.807, 2.05) is 12.1 Å². The summed E-state index contributed by atoms with van der Waals surface area (Å²) in [7, 11) is 3.74. The largest absolute Gasteiger partial charge is 0.497 e. The molecule has 3 aromatic rings. The molecule has 1 aliphatic rings. The number of likely N-dealkylation sites (N-methyl/N-ethyl adjacent to an activating group) is 1. The van der Waals surface area contributed by atoms with Crippen molar-refractivity contribution in [3.05, 3.63) is 59.0 Å². The number of benzene rings is 2. The van der Waals surface area contributed by atoms with Gasteiger partial charge in [0, 0.05) is 43.1 Å². The summed E-state index contributed by atoms with van der Waals surface area (Å²) in [6.45, 7) is 4.21. The zero-order chi connectivity index (χ0) is 21.1. The fraction of sp³-hybridized carbons (Fsp3) is 0.273. The van der Waals surface area contributed by atoms with Gasteiger partial charge in [-0.2, -0.15) is 0 Å². The summed E-state index contributed by atoms with van der Waals surface area (Å²) >= 11 is 1.26. The number of thiazole rings is 1. The molecule has 0 bridgehead atoms. The number of methoxy groups -OCH3 is 1. The second-order valence-electron chi connectivity index (χ2n) is 7.25. The summed E-state index contributed by atoms with van der Waals surface area (Å²) in [5.74, 6) is 0.787. The summed E-state index contributed by atoms with van der Waals surface area (Å²) < 4.78 is 5.14. The van der Waals surface area contributed by atoms with E-state index in [0.717, 1.165) is 31.9 Å². The van der Waals surface area contributed by atoms with Crippen LogP contribution in [-0.4, -0.2) is 56.0 Å². The first-order valence-electron chi connectivity index (χ1n) is 9.79. The summed E-state index contributed by atoms with van der Waals surface area (Å²) in [6, 6.07) is 15.2. The topological polar surface area (TPSA) is 83.7 Å². The predicted octanol–water partition coefficient (Wildman–Crippen LogP) is 3.46. The number of aromatic nitrogens is 1. The highest BCUT2D eigenvalue weighted by atomic mass is 32.1. The Labute approximate surface area is 180 Å².